The number of amides is 1. The molecule has 1 heterocycles. The number of aliphatic carboxylic acids is 1. The Bertz CT molecular complexity index is 989. The van der Waals surface area contributed by atoms with E-state index < -0.39 is 18.4 Å². The van der Waals surface area contributed by atoms with E-state index in [4.69, 9.17) is 14.6 Å². The van der Waals surface area contributed by atoms with Gasteiger partial charge in [-0.3, -0.25) is 9.59 Å². The van der Waals surface area contributed by atoms with E-state index in [1.165, 1.54) is 0 Å². The normalized spacial score (nSPS) is 10.6. The van der Waals surface area contributed by atoms with Crippen LogP contribution in [0.3, 0.4) is 0 Å². The van der Waals surface area contributed by atoms with Crippen molar-refractivity contribution in [2.24, 2.45) is 0 Å². The van der Waals surface area contributed by atoms with Crippen LogP contribution in [0.1, 0.15) is 21.7 Å². The monoisotopic (exact) mass is 380 g/mol. The lowest BCUT2D eigenvalue weighted by atomic mass is 10.1. The van der Waals surface area contributed by atoms with Crippen molar-refractivity contribution in [2.45, 2.75) is 13.2 Å². The van der Waals surface area contributed by atoms with Crippen LogP contribution in [-0.2, 0) is 22.7 Å². The number of rotatable bonds is 8. The van der Waals surface area contributed by atoms with Crippen molar-refractivity contribution in [3.63, 3.8) is 0 Å². The zero-order valence-corrected chi connectivity index (χ0v) is 15.3. The van der Waals surface area contributed by atoms with Crippen LogP contribution in [0.25, 0.3) is 10.8 Å². The molecule has 0 aliphatic rings. The summed E-state index contributed by atoms with van der Waals surface area (Å²) in [6.45, 7) is -0.0564. The lowest BCUT2D eigenvalue weighted by Crippen LogP contribution is -2.30. The molecule has 1 aromatic heterocycles. The molecule has 0 atom stereocenters. The number of fused-ring (bicyclic) bond motifs is 1. The summed E-state index contributed by atoms with van der Waals surface area (Å²) < 4.78 is 11.2. The predicted molar refractivity (Wildman–Crippen MR) is 103 cm³/mol. The summed E-state index contributed by atoms with van der Waals surface area (Å²) in [5.74, 6) is -1.45. The third-order valence-electron chi connectivity index (χ3n) is 4.07. The molecule has 0 radical (unpaired) electrons. The Morgan fingerprint density at radius 2 is 1.68 bits per heavy atom. The standard InChI is InChI=1S/C21H20N2O5/c1-27-13-17-15-9-5-6-10-16(15)20(28-12-14-7-3-2-4-8-14)19(23-17)21(26)22-11-18(24)25/h2-10H,11-13H2,1H3,(H,22,26)(H,24,25). The van der Waals surface area contributed by atoms with Crippen LogP contribution >= 0.6 is 0 Å². The van der Waals surface area contributed by atoms with Crippen molar-refractivity contribution in [3.05, 3.63) is 71.5 Å². The van der Waals surface area contributed by atoms with Crippen molar-refractivity contribution < 1.29 is 24.2 Å². The van der Waals surface area contributed by atoms with E-state index in [0.717, 1.165) is 10.9 Å². The van der Waals surface area contributed by atoms with Gasteiger partial charge in [0.1, 0.15) is 13.2 Å². The SMILES string of the molecule is COCc1nc(C(=O)NCC(=O)O)c(OCc2ccccc2)c2ccccc12. The van der Waals surface area contributed by atoms with Crippen molar-refractivity contribution in [2.75, 3.05) is 13.7 Å². The number of nitrogens with zero attached hydrogens (tertiary/aromatic N) is 1. The summed E-state index contributed by atoms with van der Waals surface area (Å²) in [6.07, 6.45) is 0. The molecule has 144 valence electrons. The molecule has 3 rings (SSSR count). The fraction of sp³-hybridized carbons (Fsp3) is 0.190. The number of nitrogens with one attached hydrogen (secondary N) is 1. The van der Waals surface area contributed by atoms with Gasteiger partial charge in [-0.25, -0.2) is 4.98 Å². The maximum Gasteiger partial charge on any atom is 0.322 e. The Kier molecular flexibility index (Phi) is 6.18. The summed E-state index contributed by atoms with van der Waals surface area (Å²) in [5, 5.41) is 12.7. The van der Waals surface area contributed by atoms with E-state index >= 15 is 0 Å². The number of hydrogen-bond acceptors (Lipinski definition) is 5. The number of carbonyl (C=O) groups is 2. The average molecular weight is 380 g/mol. The third-order valence-corrected chi connectivity index (χ3v) is 4.07. The molecule has 0 bridgehead atoms. The van der Waals surface area contributed by atoms with Crippen molar-refractivity contribution >= 4 is 22.6 Å². The van der Waals surface area contributed by atoms with Crippen LogP contribution in [0.2, 0.25) is 0 Å². The number of ether oxygens (including phenoxy) is 2. The summed E-state index contributed by atoms with van der Waals surface area (Å²) >= 11 is 0. The molecule has 0 saturated heterocycles. The maximum absolute atomic E-state index is 12.6. The lowest BCUT2D eigenvalue weighted by Gasteiger charge is -2.16. The number of pyridine rings is 1. The number of methoxy groups -OCH3 is 1. The molecule has 2 N–H and O–H groups in total. The van der Waals surface area contributed by atoms with Gasteiger partial charge in [0.05, 0.1) is 12.3 Å². The smallest absolute Gasteiger partial charge is 0.322 e. The molecule has 7 heteroatoms. The number of aromatic nitrogens is 1. The Hall–Kier alpha value is -3.45. The summed E-state index contributed by atoms with van der Waals surface area (Å²) in [4.78, 5) is 27.9. The van der Waals surface area contributed by atoms with E-state index in [2.05, 4.69) is 10.3 Å². The molecule has 1 amide bonds. The second-order valence-electron chi connectivity index (χ2n) is 6.07. The molecular formula is C21H20N2O5. The molecule has 0 unspecified atom stereocenters. The van der Waals surface area contributed by atoms with Gasteiger partial charge in [-0.15, -0.1) is 0 Å². The van der Waals surface area contributed by atoms with Gasteiger partial charge in [-0.1, -0.05) is 54.6 Å². The average Bonchev–Trinajstić information content (AvgIpc) is 2.72. The van der Waals surface area contributed by atoms with E-state index in [0.29, 0.717) is 16.8 Å². The highest BCUT2D eigenvalue weighted by molar-refractivity contribution is 6.03. The second kappa shape index (κ2) is 8.96. The Balaban J connectivity index is 2.06. The molecule has 28 heavy (non-hydrogen) atoms. The minimum atomic E-state index is -1.14. The Labute approximate surface area is 161 Å². The van der Waals surface area contributed by atoms with Crippen LogP contribution in [0.4, 0.5) is 0 Å². The first-order chi connectivity index (χ1) is 13.6. The highest BCUT2D eigenvalue weighted by atomic mass is 16.5. The van der Waals surface area contributed by atoms with E-state index in [1.807, 2.05) is 54.6 Å². The number of carbonyl (C=O) groups excluding carboxylic acids is 1. The predicted octanol–water partition coefficient (Wildman–Crippen LogP) is 2.77. The molecule has 0 saturated carbocycles. The molecule has 0 aliphatic heterocycles. The largest absolute Gasteiger partial charge is 0.486 e. The molecular weight excluding hydrogens is 360 g/mol. The molecule has 3 aromatic rings. The Morgan fingerprint density at radius 3 is 2.36 bits per heavy atom. The quantitative estimate of drug-likeness (QED) is 0.624. The van der Waals surface area contributed by atoms with Crippen molar-refractivity contribution in [1.29, 1.82) is 0 Å². The molecule has 0 aliphatic carbocycles. The first-order valence-electron chi connectivity index (χ1n) is 8.67. The first-order valence-corrected chi connectivity index (χ1v) is 8.67. The van der Waals surface area contributed by atoms with Gasteiger partial charge in [0.2, 0.25) is 0 Å². The summed E-state index contributed by atoms with van der Waals surface area (Å²) in [7, 11) is 1.54. The summed E-state index contributed by atoms with van der Waals surface area (Å²) in [5.41, 5.74) is 1.54. The minimum absolute atomic E-state index is 0.0305. The molecule has 0 fully saturated rings. The summed E-state index contributed by atoms with van der Waals surface area (Å²) in [6, 6.07) is 17.0. The van der Waals surface area contributed by atoms with Crippen LogP contribution in [0, 0.1) is 0 Å². The van der Waals surface area contributed by atoms with E-state index in [1.54, 1.807) is 7.11 Å². The van der Waals surface area contributed by atoms with Gasteiger partial charge < -0.3 is 19.9 Å². The number of hydrogen-bond donors (Lipinski definition) is 2. The molecule has 7 nitrogen and oxygen atoms in total. The van der Waals surface area contributed by atoms with Crippen molar-refractivity contribution in [1.82, 2.24) is 10.3 Å². The van der Waals surface area contributed by atoms with Gasteiger partial charge in [0.15, 0.2) is 11.4 Å². The van der Waals surface area contributed by atoms with E-state index in [9.17, 15) is 9.59 Å². The molecule has 2 aromatic carbocycles. The second-order valence-corrected chi connectivity index (χ2v) is 6.07. The van der Waals surface area contributed by atoms with Gasteiger partial charge in [0.25, 0.3) is 5.91 Å². The Morgan fingerprint density at radius 1 is 1.00 bits per heavy atom. The van der Waals surface area contributed by atoms with Crippen LogP contribution < -0.4 is 10.1 Å². The van der Waals surface area contributed by atoms with Gasteiger partial charge in [-0.05, 0) is 5.56 Å². The van der Waals surface area contributed by atoms with Crippen LogP contribution in [-0.4, -0.2) is 35.6 Å². The third kappa shape index (κ3) is 4.44. The van der Waals surface area contributed by atoms with Crippen LogP contribution in [0.5, 0.6) is 5.75 Å². The van der Waals surface area contributed by atoms with Gasteiger partial charge in [-0.2, -0.15) is 0 Å². The maximum atomic E-state index is 12.6. The fourth-order valence-corrected chi connectivity index (χ4v) is 2.82. The highest BCUT2D eigenvalue weighted by Crippen LogP contribution is 2.31. The minimum Gasteiger partial charge on any atom is -0.486 e. The molecule has 0 spiro atoms. The number of carboxylic acids is 1. The zero-order valence-electron chi connectivity index (χ0n) is 15.3. The first kappa shape index (κ1) is 19.3. The van der Waals surface area contributed by atoms with Crippen LogP contribution in [0.15, 0.2) is 54.6 Å². The fourth-order valence-electron chi connectivity index (χ4n) is 2.82. The zero-order chi connectivity index (χ0) is 19.9. The van der Waals surface area contributed by atoms with Crippen molar-refractivity contribution in [3.8, 4) is 5.75 Å². The topological polar surface area (TPSA) is 97.8 Å². The lowest BCUT2D eigenvalue weighted by molar-refractivity contribution is -0.135. The van der Waals surface area contributed by atoms with Gasteiger partial charge in [0, 0.05) is 17.9 Å². The highest BCUT2D eigenvalue weighted by Gasteiger charge is 2.21. The number of carboxylic acid groups (broad SMARTS) is 1. The van der Waals surface area contributed by atoms with E-state index in [-0.39, 0.29) is 18.9 Å². The number of benzene rings is 2. The van der Waals surface area contributed by atoms with Gasteiger partial charge >= 0.3 is 5.97 Å².